The summed E-state index contributed by atoms with van der Waals surface area (Å²) in [6.45, 7) is 1.70. The fourth-order valence-corrected chi connectivity index (χ4v) is 1.54. The third kappa shape index (κ3) is 5.97. The van der Waals surface area contributed by atoms with Gasteiger partial charge in [0, 0.05) is 36.9 Å². The first-order valence-corrected chi connectivity index (χ1v) is 6.69. The van der Waals surface area contributed by atoms with Crippen molar-refractivity contribution in [1.29, 1.82) is 5.26 Å². The topological polar surface area (TPSA) is 94.0 Å². The van der Waals surface area contributed by atoms with Gasteiger partial charge < -0.3 is 16.0 Å². The normalized spacial score (nSPS) is 10.4. The summed E-state index contributed by atoms with van der Waals surface area (Å²) in [4.78, 5) is 22.6. The van der Waals surface area contributed by atoms with Crippen molar-refractivity contribution in [1.82, 2.24) is 5.32 Å². The van der Waals surface area contributed by atoms with Gasteiger partial charge in [-0.15, -0.1) is 11.6 Å². The quantitative estimate of drug-likeness (QED) is 0.424. The maximum atomic E-state index is 11.6. The number of hydrogen-bond donors (Lipinski definition) is 3. The summed E-state index contributed by atoms with van der Waals surface area (Å²) in [6, 6.07) is 8.70. The van der Waals surface area contributed by atoms with E-state index in [9.17, 15) is 9.59 Å². The van der Waals surface area contributed by atoms with E-state index in [0.717, 1.165) is 0 Å². The van der Waals surface area contributed by atoms with Crippen molar-refractivity contribution >= 4 is 34.8 Å². The monoisotopic (exact) mass is 306 g/mol. The van der Waals surface area contributed by atoms with Crippen molar-refractivity contribution in [3.8, 4) is 6.07 Å². The van der Waals surface area contributed by atoms with Gasteiger partial charge in [-0.3, -0.25) is 9.59 Å². The minimum Gasteiger partial charge on any atom is -0.360 e. The zero-order valence-corrected chi connectivity index (χ0v) is 12.2. The molecule has 1 aromatic rings. The number of hydrogen-bond acceptors (Lipinski definition) is 4. The SMILES string of the molecule is CC(=O)Nc1cccc(N/C=C(/C#N)C(=O)NCCCl)c1. The first-order chi connectivity index (χ1) is 10.1. The predicted octanol–water partition coefficient (Wildman–Crippen LogP) is 1.82. The number of carbonyl (C=O) groups excluding carboxylic acids is 2. The molecule has 0 fully saturated rings. The Bertz CT molecular complexity index is 593. The van der Waals surface area contributed by atoms with Gasteiger partial charge in [-0.1, -0.05) is 6.07 Å². The number of benzene rings is 1. The molecule has 0 bridgehead atoms. The van der Waals surface area contributed by atoms with Crippen LogP contribution in [0.4, 0.5) is 11.4 Å². The Hall–Kier alpha value is -2.52. The van der Waals surface area contributed by atoms with Crippen LogP contribution in [0.25, 0.3) is 0 Å². The molecule has 0 unspecified atom stereocenters. The molecular weight excluding hydrogens is 292 g/mol. The maximum absolute atomic E-state index is 11.6. The lowest BCUT2D eigenvalue weighted by atomic mass is 10.2. The van der Waals surface area contributed by atoms with Crippen LogP contribution in [0, 0.1) is 11.3 Å². The van der Waals surface area contributed by atoms with Gasteiger partial charge in [0.05, 0.1) is 0 Å². The van der Waals surface area contributed by atoms with Crippen LogP contribution in [0.3, 0.4) is 0 Å². The fourth-order valence-electron chi connectivity index (χ4n) is 1.45. The molecule has 0 heterocycles. The van der Waals surface area contributed by atoms with Crippen molar-refractivity contribution in [2.45, 2.75) is 6.92 Å². The number of nitrogens with zero attached hydrogens (tertiary/aromatic N) is 1. The van der Waals surface area contributed by atoms with Crippen LogP contribution in [-0.2, 0) is 9.59 Å². The number of alkyl halides is 1. The van der Waals surface area contributed by atoms with E-state index < -0.39 is 5.91 Å². The standard InChI is InChI=1S/C14H15ClN4O2/c1-10(20)19-13-4-2-3-12(7-13)18-9-11(8-16)14(21)17-6-5-15/h2-4,7,9,18H,5-6H2,1H3,(H,17,21)(H,19,20)/b11-9-. The zero-order valence-electron chi connectivity index (χ0n) is 11.4. The average molecular weight is 307 g/mol. The second-order valence-corrected chi connectivity index (χ2v) is 4.40. The molecule has 6 nitrogen and oxygen atoms in total. The van der Waals surface area contributed by atoms with Gasteiger partial charge in [0.2, 0.25) is 5.91 Å². The molecule has 1 aromatic carbocycles. The van der Waals surface area contributed by atoms with Crippen LogP contribution in [0.2, 0.25) is 0 Å². The van der Waals surface area contributed by atoms with Crippen LogP contribution in [0.1, 0.15) is 6.92 Å². The summed E-state index contributed by atoms with van der Waals surface area (Å²) < 4.78 is 0. The van der Waals surface area contributed by atoms with E-state index in [2.05, 4.69) is 16.0 Å². The van der Waals surface area contributed by atoms with E-state index in [0.29, 0.717) is 11.4 Å². The number of nitrogens with one attached hydrogen (secondary N) is 3. The van der Waals surface area contributed by atoms with Gasteiger partial charge in [0.15, 0.2) is 0 Å². The third-order valence-electron chi connectivity index (χ3n) is 2.31. The van der Waals surface area contributed by atoms with E-state index in [-0.39, 0.29) is 23.9 Å². The lowest BCUT2D eigenvalue weighted by Gasteiger charge is -2.06. The minimum atomic E-state index is -0.497. The molecule has 0 saturated carbocycles. The van der Waals surface area contributed by atoms with E-state index in [1.807, 2.05) is 0 Å². The highest BCUT2D eigenvalue weighted by atomic mass is 35.5. The first-order valence-electron chi connectivity index (χ1n) is 6.15. The van der Waals surface area contributed by atoms with Crippen molar-refractivity contribution in [3.63, 3.8) is 0 Å². The van der Waals surface area contributed by atoms with Gasteiger partial charge in [-0.2, -0.15) is 5.26 Å². The second-order valence-electron chi connectivity index (χ2n) is 4.02. The molecule has 110 valence electrons. The van der Waals surface area contributed by atoms with Crippen LogP contribution >= 0.6 is 11.6 Å². The zero-order chi connectivity index (χ0) is 15.7. The van der Waals surface area contributed by atoms with Gasteiger partial charge in [-0.25, -0.2) is 0 Å². The van der Waals surface area contributed by atoms with Gasteiger partial charge in [0.1, 0.15) is 11.6 Å². The Labute approximate surface area is 127 Å². The number of halogens is 1. The van der Waals surface area contributed by atoms with Crippen LogP contribution in [0.15, 0.2) is 36.0 Å². The average Bonchev–Trinajstić information content (AvgIpc) is 2.45. The Kier molecular flexibility index (Phi) is 6.78. The third-order valence-corrected chi connectivity index (χ3v) is 2.50. The molecule has 1 rings (SSSR count). The molecular formula is C14H15ClN4O2. The van der Waals surface area contributed by atoms with E-state index in [1.54, 1.807) is 30.3 Å². The molecule has 0 spiro atoms. The molecule has 21 heavy (non-hydrogen) atoms. The molecule has 0 aromatic heterocycles. The maximum Gasteiger partial charge on any atom is 0.263 e. The summed E-state index contributed by atoms with van der Waals surface area (Å²) in [6.07, 6.45) is 1.30. The van der Waals surface area contributed by atoms with Gasteiger partial charge in [-0.05, 0) is 18.2 Å². The molecule has 0 radical (unpaired) electrons. The van der Waals surface area contributed by atoms with E-state index in [4.69, 9.17) is 16.9 Å². The van der Waals surface area contributed by atoms with Crippen LogP contribution in [0.5, 0.6) is 0 Å². The lowest BCUT2D eigenvalue weighted by Crippen LogP contribution is -2.26. The molecule has 7 heteroatoms. The van der Waals surface area contributed by atoms with Crippen molar-refractivity contribution in [3.05, 3.63) is 36.0 Å². The summed E-state index contributed by atoms with van der Waals surface area (Å²) in [5.74, 6) is -0.402. The Morgan fingerprint density at radius 3 is 2.71 bits per heavy atom. The van der Waals surface area contributed by atoms with Crippen molar-refractivity contribution in [2.75, 3.05) is 23.1 Å². The highest BCUT2D eigenvalue weighted by molar-refractivity contribution is 6.18. The highest BCUT2D eigenvalue weighted by Crippen LogP contribution is 2.15. The largest absolute Gasteiger partial charge is 0.360 e. The van der Waals surface area contributed by atoms with Crippen LogP contribution in [-0.4, -0.2) is 24.2 Å². The molecule has 0 saturated heterocycles. The molecule has 0 atom stereocenters. The molecule has 2 amide bonds. The van der Waals surface area contributed by atoms with Crippen molar-refractivity contribution in [2.24, 2.45) is 0 Å². The highest BCUT2D eigenvalue weighted by Gasteiger charge is 2.07. The summed E-state index contributed by atoms with van der Waals surface area (Å²) in [5, 5.41) is 16.9. The molecule has 0 aliphatic carbocycles. The number of carbonyl (C=O) groups is 2. The second kappa shape index (κ2) is 8.61. The summed E-state index contributed by atoms with van der Waals surface area (Å²) >= 11 is 5.46. The Morgan fingerprint density at radius 1 is 1.38 bits per heavy atom. The number of nitriles is 1. The summed E-state index contributed by atoms with van der Waals surface area (Å²) in [7, 11) is 0. The first kappa shape index (κ1) is 16.5. The predicted molar refractivity (Wildman–Crippen MR) is 81.8 cm³/mol. The van der Waals surface area contributed by atoms with Gasteiger partial charge >= 0.3 is 0 Å². The fraction of sp³-hybridized carbons (Fsp3) is 0.214. The molecule has 0 aliphatic heterocycles. The smallest absolute Gasteiger partial charge is 0.263 e. The minimum absolute atomic E-state index is 0.0648. The van der Waals surface area contributed by atoms with E-state index >= 15 is 0 Å². The van der Waals surface area contributed by atoms with Crippen LogP contribution < -0.4 is 16.0 Å². The van der Waals surface area contributed by atoms with E-state index in [1.165, 1.54) is 13.1 Å². The Morgan fingerprint density at radius 2 is 2.10 bits per heavy atom. The number of amides is 2. The number of rotatable bonds is 6. The number of anilines is 2. The van der Waals surface area contributed by atoms with Gasteiger partial charge in [0.25, 0.3) is 5.91 Å². The molecule has 0 aliphatic rings. The Balaban J connectivity index is 2.75. The lowest BCUT2D eigenvalue weighted by molar-refractivity contribution is -0.117. The summed E-state index contributed by atoms with van der Waals surface area (Å²) in [5.41, 5.74) is 1.19. The van der Waals surface area contributed by atoms with Crippen molar-refractivity contribution < 1.29 is 9.59 Å². The molecule has 3 N–H and O–H groups in total.